The molecule has 2 aliphatic heterocycles. The number of rotatable bonds is 4. The molecular formula is C13H26N2S. The SMILES string of the molecule is CCC1CCN(CC2CCSC2)C(CN)C1. The highest BCUT2D eigenvalue weighted by Gasteiger charge is 2.29. The molecule has 2 saturated heterocycles. The number of hydrogen-bond acceptors (Lipinski definition) is 3. The third-order valence-corrected chi connectivity index (χ3v) is 5.54. The van der Waals surface area contributed by atoms with Gasteiger partial charge in [0.15, 0.2) is 0 Å². The van der Waals surface area contributed by atoms with Crippen molar-refractivity contribution in [3.05, 3.63) is 0 Å². The molecule has 0 saturated carbocycles. The molecule has 2 fully saturated rings. The molecule has 0 spiro atoms. The summed E-state index contributed by atoms with van der Waals surface area (Å²) in [5.41, 5.74) is 5.94. The molecule has 16 heavy (non-hydrogen) atoms. The Kier molecular flexibility index (Phi) is 4.98. The van der Waals surface area contributed by atoms with Gasteiger partial charge >= 0.3 is 0 Å². The number of nitrogens with zero attached hydrogens (tertiary/aromatic N) is 1. The van der Waals surface area contributed by atoms with Crippen LogP contribution in [0.5, 0.6) is 0 Å². The van der Waals surface area contributed by atoms with E-state index in [-0.39, 0.29) is 0 Å². The van der Waals surface area contributed by atoms with Crippen LogP contribution < -0.4 is 5.73 Å². The molecule has 3 heteroatoms. The molecule has 0 radical (unpaired) electrons. The van der Waals surface area contributed by atoms with Crippen LogP contribution in [0.25, 0.3) is 0 Å². The first-order valence-electron chi connectivity index (χ1n) is 6.85. The predicted octanol–water partition coefficient (Wildman–Crippen LogP) is 2.19. The molecule has 0 amide bonds. The van der Waals surface area contributed by atoms with Crippen molar-refractivity contribution in [3.8, 4) is 0 Å². The maximum Gasteiger partial charge on any atom is 0.0221 e. The molecule has 2 rings (SSSR count). The van der Waals surface area contributed by atoms with Crippen LogP contribution in [0.3, 0.4) is 0 Å². The fraction of sp³-hybridized carbons (Fsp3) is 1.00. The highest BCUT2D eigenvalue weighted by Crippen LogP contribution is 2.29. The Morgan fingerprint density at radius 1 is 1.31 bits per heavy atom. The zero-order valence-corrected chi connectivity index (χ0v) is 11.3. The van der Waals surface area contributed by atoms with Crippen LogP contribution in [0.1, 0.15) is 32.6 Å². The first-order chi connectivity index (χ1) is 7.83. The first kappa shape index (κ1) is 12.7. The summed E-state index contributed by atoms with van der Waals surface area (Å²) in [5, 5.41) is 0. The van der Waals surface area contributed by atoms with Crippen LogP contribution in [-0.2, 0) is 0 Å². The maximum atomic E-state index is 5.94. The van der Waals surface area contributed by atoms with Gasteiger partial charge in [-0.25, -0.2) is 0 Å². The van der Waals surface area contributed by atoms with Gasteiger partial charge in [-0.2, -0.15) is 11.8 Å². The molecule has 3 atom stereocenters. The number of hydrogen-bond donors (Lipinski definition) is 1. The van der Waals surface area contributed by atoms with Gasteiger partial charge in [-0.05, 0) is 49.1 Å². The van der Waals surface area contributed by atoms with Gasteiger partial charge in [0.1, 0.15) is 0 Å². The predicted molar refractivity (Wildman–Crippen MR) is 72.9 cm³/mol. The Bertz CT molecular complexity index is 204. The quantitative estimate of drug-likeness (QED) is 0.819. The van der Waals surface area contributed by atoms with Crippen molar-refractivity contribution in [1.29, 1.82) is 0 Å². The van der Waals surface area contributed by atoms with E-state index in [0.717, 1.165) is 18.4 Å². The lowest BCUT2D eigenvalue weighted by Gasteiger charge is -2.40. The summed E-state index contributed by atoms with van der Waals surface area (Å²) in [4.78, 5) is 2.68. The maximum absolute atomic E-state index is 5.94. The lowest BCUT2D eigenvalue weighted by Crippen LogP contribution is -2.48. The molecule has 2 N–H and O–H groups in total. The Balaban J connectivity index is 1.83. The fourth-order valence-electron chi connectivity index (χ4n) is 3.10. The van der Waals surface area contributed by atoms with E-state index in [9.17, 15) is 0 Å². The monoisotopic (exact) mass is 242 g/mol. The van der Waals surface area contributed by atoms with E-state index in [4.69, 9.17) is 5.73 Å². The van der Waals surface area contributed by atoms with Gasteiger partial charge in [0.25, 0.3) is 0 Å². The number of likely N-dealkylation sites (tertiary alicyclic amines) is 1. The second-order valence-electron chi connectivity index (χ2n) is 5.41. The van der Waals surface area contributed by atoms with E-state index >= 15 is 0 Å². The van der Waals surface area contributed by atoms with Crippen molar-refractivity contribution < 1.29 is 0 Å². The Labute approximate surface area is 104 Å². The van der Waals surface area contributed by atoms with E-state index in [0.29, 0.717) is 6.04 Å². The van der Waals surface area contributed by atoms with Gasteiger partial charge in [0.2, 0.25) is 0 Å². The zero-order chi connectivity index (χ0) is 11.4. The van der Waals surface area contributed by atoms with Crippen molar-refractivity contribution in [2.24, 2.45) is 17.6 Å². The molecule has 2 heterocycles. The Hall–Kier alpha value is 0.270. The van der Waals surface area contributed by atoms with Gasteiger partial charge in [0.05, 0.1) is 0 Å². The smallest absolute Gasteiger partial charge is 0.0221 e. The van der Waals surface area contributed by atoms with Gasteiger partial charge in [0, 0.05) is 19.1 Å². The topological polar surface area (TPSA) is 29.3 Å². The highest BCUT2D eigenvalue weighted by molar-refractivity contribution is 7.99. The fourth-order valence-corrected chi connectivity index (χ4v) is 4.37. The van der Waals surface area contributed by atoms with E-state index in [1.54, 1.807) is 0 Å². The zero-order valence-electron chi connectivity index (χ0n) is 10.5. The van der Waals surface area contributed by atoms with E-state index in [1.807, 2.05) is 0 Å². The summed E-state index contributed by atoms with van der Waals surface area (Å²) >= 11 is 2.13. The number of nitrogens with two attached hydrogens (primary N) is 1. The van der Waals surface area contributed by atoms with Crippen LogP contribution in [0.15, 0.2) is 0 Å². The van der Waals surface area contributed by atoms with Crippen molar-refractivity contribution in [3.63, 3.8) is 0 Å². The summed E-state index contributed by atoms with van der Waals surface area (Å²) in [6.07, 6.45) is 5.50. The Morgan fingerprint density at radius 2 is 2.19 bits per heavy atom. The van der Waals surface area contributed by atoms with Gasteiger partial charge < -0.3 is 5.73 Å². The lowest BCUT2D eigenvalue weighted by molar-refractivity contribution is 0.100. The molecular weight excluding hydrogens is 216 g/mol. The third kappa shape index (κ3) is 3.14. The standard InChI is InChI=1S/C13H26N2S/c1-2-11-3-5-15(13(7-11)8-14)9-12-4-6-16-10-12/h11-13H,2-10,14H2,1H3. The summed E-state index contributed by atoms with van der Waals surface area (Å²) < 4.78 is 0. The molecule has 2 nitrogen and oxygen atoms in total. The summed E-state index contributed by atoms with van der Waals surface area (Å²) in [6.45, 7) is 5.78. The molecule has 0 aromatic heterocycles. The van der Waals surface area contributed by atoms with E-state index in [2.05, 4.69) is 23.6 Å². The third-order valence-electron chi connectivity index (χ3n) is 4.31. The van der Waals surface area contributed by atoms with Crippen molar-refractivity contribution in [2.45, 2.75) is 38.6 Å². The minimum atomic E-state index is 0.671. The van der Waals surface area contributed by atoms with Crippen molar-refractivity contribution in [2.75, 3.05) is 31.1 Å². The average molecular weight is 242 g/mol. The van der Waals surface area contributed by atoms with E-state index < -0.39 is 0 Å². The Morgan fingerprint density at radius 3 is 2.81 bits per heavy atom. The van der Waals surface area contributed by atoms with Crippen molar-refractivity contribution >= 4 is 11.8 Å². The van der Waals surface area contributed by atoms with Crippen LogP contribution in [0, 0.1) is 11.8 Å². The normalized spacial score (nSPS) is 36.8. The molecule has 0 aliphatic carbocycles. The average Bonchev–Trinajstić information content (AvgIpc) is 2.82. The van der Waals surface area contributed by atoms with Gasteiger partial charge in [-0.3, -0.25) is 4.90 Å². The van der Waals surface area contributed by atoms with Crippen LogP contribution in [0.4, 0.5) is 0 Å². The largest absolute Gasteiger partial charge is 0.329 e. The summed E-state index contributed by atoms with van der Waals surface area (Å²) in [5.74, 6) is 4.63. The van der Waals surface area contributed by atoms with Gasteiger partial charge in [-0.1, -0.05) is 13.3 Å². The molecule has 0 aromatic carbocycles. The van der Waals surface area contributed by atoms with Crippen LogP contribution in [-0.4, -0.2) is 42.1 Å². The second kappa shape index (κ2) is 6.27. The van der Waals surface area contributed by atoms with Crippen LogP contribution >= 0.6 is 11.8 Å². The summed E-state index contributed by atoms with van der Waals surface area (Å²) in [7, 11) is 0. The number of thioether (sulfide) groups is 1. The highest BCUT2D eigenvalue weighted by atomic mass is 32.2. The lowest BCUT2D eigenvalue weighted by atomic mass is 9.88. The van der Waals surface area contributed by atoms with Gasteiger partial charge in [-0.15, -0.1) is 0 Å². The minimum absolute atomic E-state index is 0.671. The first-order valence-corrected chi connectivity index (χ1v) is 8.00. The molecule has 2 aliphatic rings. The van der Waals surface area contributed by atoms with Crippen LogP contribution in [0.2, 0.25) is 0 Å². The second-order valence-corrected chi connectivity index (χ2v) is 6.56. The molecule has 94 valence electrons. The summed E-state index contributed by atoms with van der Waals surface area (Å²) in [6, 6.07) is 0.671. The van der Waals surface area contributed by atoms with E-state index in [1.165, 1.54) is 50.3 Å². The molecule has 0 aromatic rings. The molecule has 3 unspecified atom stereocenters. The minimum Gasteiger partial charge on any atom is -0.329 e. The molecule has 0 bridgehead atoms. The number of piperidine rings is 1. The van der Waals surface area contributed by atoms with Crippen molar-refractivity contribution in [1.82, 2.24) is 4.90 Å².